The van der Waals surface area contributed by atoms with Crippen molar-refractivity contribution >= 4 is 5.91 Å². The summed E-state index contributed by atoms with van der Waals surface area (Å²) in [6, 6.07) is 12.3. The summed E-state index contributed by atoms with van der Waals surface area (Å²) in [4.78, 5) is 14.7. The van der Waals surface area contributed by atoms with Gasteiger partial charge in [0.15, 0.2) is 0 Å². The Balaban J connectivity index is 1.66. The summed E-state index contributed by atoms with van der Waals surface area (Å²) in [5.74, 6) is 1.18. The highest BCUT2D eigenvalue weighted by Gasteiger charge is 2.27. The van der Waals surface area contributed by atoms with Gasteiger partial charge in [0, 0.05) is 13.1 Å². The van der Waals surface area contributed by atoms with Gasteiger partial charge in [0.05, 0.1) is 18.7 Å². The van der Waals surface area contributed by atoms with E-state index in [1.807, 2.05) is 17.0 Å². The van der Waals surface area contributed by atoms with Crippen LogP contribution in [0.4, 0.5) is 0 Å². The van der Waals surface area contributed by atoms with Gasteiger partial charge in [0.2, 0.25) is 5.91 Å². The Morgan fingerprint density at radius 3 is 2.78 bits per heavy atom. The van der Waals surface area contributed by atoms with E-state index in [9.17, 15) is 4.79 Å². The monoisotopic (exact) mass is 312 g/mol. The van der Waals surface area contributed by atoms with Crippen LogP contribution in [0.1, 0.15) is 23.3 Å². The van der Waals surface area contributed by atoms with Crippen molar-refractivity contribution in [2.75, 3.05) is 19.6 Å². The average Bonchev–Trinajstić information content (AvgIpc) is 3.26. The number of nitrogens with one attached hydrogen (secondary N) is 1. The van der Waals surface area contributed by atoms with Crippen molar-refractivity contribution in [3.8, 4) is 0 Å². The first-order valence-electron chi connectivity index (χ1n) is 8.30. The zero-order valence-corrected chi connectivity index (χ0v) is 13.6. The van der Waals surface area contributed by atoms with E-state index in [2.05, 4.69) is 36.5 Å². The van der Waals surface area contributed by atoms with Gasteiger partial charge in [-0.3, -0.25) is 4.79 Å². The molecule has 2 heterocycles. The fraction of sp³-hybridized carbons (Fsp3) is 0.421. The molecule has 3 rings (SSSR count). The lowest BCUT2D eigenvalue weighted by atomic mass is 10.1. The van der Waals surface area contributed by atoms with Crippen LogP contribution in [0.5, 0.6) is 0 Å². The number of hydrogen-bond acceptors (Lipinski definition) is 3. The molecule has 1 aromatic heterocycles. The number of carbonyl (C=O) groups is 1. The smallest absolute Gasteiger partial charge is 0.227 e. The summed E-state index contributed by atoms with van der Waals surface area (Å²) in [6.45, 7) is 5.08. The molecule has 2 aromatic rings. The summed E-state index contributed by atoms with van der Waals surface area (Å²) < 4.78 is 5.44. The third-order valence-corrected chi connectivity index (χ3v) is 4.44. The molecular weight excluding hydrogens is 288 g/mol. The lowest BCUT2D eigenvalue weighted by Crippen LogP contribution is -2.37. The molecule has 1 saturated heterocycles. The number of aryl methyl sites for hydroxylation is 1. The molecule has 1 aliphatic heterocycles. The fourth-order valence-corrected chi connectivity index (χ4v) is 3.00. The Morgan fingerprint density at radius 1 is 1.30 bits per heavy atom. The maximum atomic E-state index is 12.8. The van der Waals surface area contributed by atoms with Gasteiger partial charge >= 0.3 is 0 Å². The summed E-state index contributed by atoms with van der Waals surface area (Å²) >= 11 is 0. The molecule has 0 bridgehead atoms. The van der Waals surface area contributed by atoms with Crippen molar-refractivity contribution in [2.24, 2.45) is 5.92 Å². The number of carbonyl (C=O) groups excluding carboxylic acids is 1. The maximum Gasteiger partial charge on any atom is 0.227 e. The van der Waals surface area contributed by atoms with Crippen LogP contribution in [-0.4, -0.2) is 30.4 Å². The minimum absolute atomic E-state index is 0.1000. The normalized spacial score (nSPS) is 17.3. The topological polar surface area (TPSA) is 45.5 Å². The molecule has 1 fully saturated rings. The van der Waals surface area contributed by atoms with Gasteiger partial charge in [-0.05, 0) is 44.0 Å². The molecule has 1 atom stereocenters. The second kappa shape index (κ2) is 7.47. The number of hydrogen-bond donors (Lipinski definition) is 1. The fourth-order valence-electron chi connectivity index (χ4n) is 3.00. The molecule has 1 aliphatic rings. The third kappa shape index (κ3) is 4.23. The highest BCUT2D eigenvalue weighted by molar-refractivity contribution is 5.79. The van der Waals surface area contributed by atoms with Gasteiger partial charge < -0.3 is 14.6 Å². The first-order chi connectivity index (χ1) is 11.2. The van der Waals surface area contributed by atoms with E-state index < -0.39 is 0 Å². The quantitative estimate of drug-likeness (QED) is 0.892. The van der Waals surface area contributed by atoms with Crippen molar-refractivity contribution in [2.45, 2.75) is 26.3 Å². The second-order valence-corrected chi connectivity index (χ2v) is 6.26. The zero-order valence-electron chi connectivity index (χ0n) is 13.6. The molecule has 1 aromatic carbocycles. The summed E-state index contributed by atoms with van der Waals surface area (Å²) in [7, 11) is 0. The summed E-state index contributed by atoms with van der Waals surface area (Å²) in [6.07, 6.45) is 3.46. The minimum Gasteiger partial charge on any atom is -0.467 e. The second-order valence-electron chi connectivity index (χ2n) is 6.26. The van der Waals surface area contributed by atoms with Crippen molar-refractivity contribution in [3.63, 3.8) is 0 Å². The van der Waals surface area contributed by atoms with Crippen molar-refractivity contribution in [3.05, 3.63) is 59.5 Å². The predicted molar refractivity (Wildman–Crippen MR) is 90.0 cm³/mol. The molecule has 0 unspecified atom stereocenters. The number of amides is 1. The van der Waals surface area contributed by atoms with Crippen LogP contribution in [0.2, 0.25) is 0 Å². The van der Waals surface area contributed by atoms with Crippen molar-refractivity contribution in [1.29, 1.82) is 0 Å². The standard InChI is InChI=1S/C19H24N2O2/c1-15-4-6-16(7-5-15)9-11-21(14-18-3-2-12-23-18)19(22)17-8-10-20-13-17/h2-7,12,17,20H,8-11,13-14H2,1H3/t17-/m1/s1. The average molecular weight is 312 g/mol. The van der Waals surface area contributed by atoms with Crippen LogP contribution in [0.3, 0.4) is 0 Å². The van der Waals surface area contributed by atoms with E-state index in [1.54, 1.807) is 6.26 Å². The Hall–Kier alpha value is -2.07. The summed E-state index contributed by atoms with van der Waals surface area (Å²) in [5, 5.41) is 3.28. The molecule has 0 radical (unpaired) electrons. The number of furan rings is 1. The van der Waals surface area contributed by atoms with E-state index in [-0.39, 0.29) is 11.8 Å². The molecular formula is C19H24N2O2. The third-order valence-electron chi connectivity index (χ3n) is 4.44. The Labute approximate surface area is 137 Å². The molecule has 23 heavy (non-hydrogen) atoms. The van der Waals surface area contributed by atoms with Gasteiger partial charge in [0.25, 0.3) is 0 Å². The van der Waals surface area contributed by atoms with E-state index in [0.29, 0.717) is 6.54 Å². The van der Waals surface area contributed by atoms with Gasteiger partial charge in [-0.1, -0.05) is 29.8 Å². The van der Waals surface area contributed by atoms with Crippen LogP contribution >= 0.6 is 0 Å². The van der Waals surface area contributed by atoms with Crippen molar-refractivity contribution in [1.82, 2.24) is 10.2 Å². The van der Waals surface area contributed by atoms with E-state index >= 15 is 0 Å². The molecule has 0 spiro atoms. The highest BCUT2D eigenvalue weighted by Crippen LogP contribution is 2.16. The van der Waals surface area contributed by atoms with Crippen LogP contribution < -0.4 is 5.32 Å². The molecule has 0 aliphatic carbocycles. The van der Waals surface area contributed by atoms with Crippen LogP contribution in [0.25, 0.3) is 0 Å². The van der Waals surface area contributed by atoms with Gasteiger partial charge in [-0.2, -0.15) is 0 Å². The van der Waals surface area contributed by atoms with Gasteiger partial charge in [0.1, 0.15) is 5.76 Å². The number of benzene rings is 1. The Kier molecular flexibility index (Phi) is 5.13. The minimum atomic E-state index is 0.1000. The number of nitrogens with zero attached hydrogens (tertiary/aromatic N) is 1. The number of rotatable bonds is 6. The molecule has 1 N–H and O–H groups in total. The predicted octanol–water partition coefficient (Wildman–Crippen LogP) is 2.77. The van der Waals surface area contributed by atoms with E-state index in [1.165, 1.54) is 11.1 Å². The van der Waals surface area contributed by atoms with E-state index in [0.717, 1.165) is 38.2 Å². The molecule has 1 amide bonds. The molecule has 4 nitrogen and oxygen atoms in total. The van der Waals surface area contributed by atoms with Crippen LogP contribution in [0.15, 0.2) is 47.1 Å². The molecule has 122 valence electrons. The van der Waals surface area contributed by atoms with E-state index in [4.69, 9.17) is 4.42 Å². The lowest BCUT2D eigenvalue weighted by molar-refractivity contribution is -0.135. The SMILES string of the molecule is Cc1ccc(CCN(Cc2ccco2)C(=O)[C@@H]2CCNC2)cc1. The van der Waals surface area contributed by atoms with Crippen molar-refractivity contribution < 1.29 is 9.21 Å². The Bertz CT molecular complexity index is 613. The lowest BCUT2D eigenvalue weighted by Gasteiger charge is -2.24. The van der Waals surface area contributed by atoms with Gasteiger partial charge in [-0.15, -0.1) is 0 Å². The van der Waals surface area contributed by atoms with Crippen LogP contribution in [-0.2, 0) is 17.8 Å². The van der Waals surface area contributed by atoms with Crippen LogP contribution in [0, 0.1) is 12.8 Å². The molecule has 0 saturated carbocycles. The first kappa shape index (κ1) is 15.8. The first-order valence-corrected chi connectivity index (χ1v) is 8.30. The zero-order chi connectivity index (χ0) is 16.1. The maximum absolute atomic E-state index is 12.8. The molecule has 4 heteroatoms. The Morgan fingerprint density at radius 2 is 2.13 bits per heavy atom. The van der Waals surface area contributed by atoms with Gasteiger partial charge in [-0.25, -0.2) is 0 Å². The summed E-state index contributed by atoms with van der Waals surface area (Å²) in [5.41, 5.74) is 2.52. The highest BCUT2D eigenvalue weighted by atomic mass is 16.3. The largest absolute Gasteiger partial charge is 0.467 e.